The molecule has 1 heterocycles. The summed E-state index contributed by atoms with van der Waals surface area (Å²) < 4.78 is 1.86. The summed E-state index contributed by atoms with van der Waals surface area (Å²) in [5.41, 5.74) is 7.68. The molecular formula is C14H22N4. The van der Waals surface area contributed by atoms with Crippen LogP contribution in [0.2, 0.25) is 0 Å². The molecule has 4 bridgehead atoms. The molecule has 0 aliphatic heterocycles. The Morgan fingerprint density at radius 2 is 1.78 bits per heavy atom. The molecule has 4 fully saturated rings. The third-order valence-corrected chi connectivity index (χ3v) is 5.81. The third kappa shape index (κ3) is 1.48. The minimum Gasteiger partial charge on any atom is -0.322 e. The van der Waals surface area contributed by atoms with E-state index < -0.39 is 0 Å². The molecule has 5 rings (SSSR count). The van der Waals surface area contributed by atoms with Crippen molar-refractivity contribution in [1.82, 2.24) is 15.0 Å². The predicted octanol–water partition coefficient (Wildman–Crippen LogP) is 1.89. The molecule has 1 unspecified atom stereocenters. The lowest BCUT2D eigenvalue weighted by atomic mass is 9.50. The molecule has 0 radical (unpaired) electrons. The van der Waals surface area contributed by atoms with E-state index in [0.29, 0.717) is 5.92 Å². The first-order valence-electron chi connectivity index (χ1n) is 7.32. The van der Waals surface area contributed by atoms with E-state index in [2.05, 4.69) is 10.3 Å². The van der Waals surface area contributed by atoms with Crippen LogP contribution in [-0.4, -0.2) is 15.0 Å². The molecule has 0 amide bonds. The SMILES string of the molecule is Cn1nncc1C(N)C1C2CC3CC(C2)CC1C3. The van der Waals surface area contributed by atoms with Crippen LogP contribution >= 0.6 is 0 Å². The van der Waals surface area contributed by atoms with Crippen molar-refractivity contribution in [2.75, 3.05) is 0 Å². The fraction of sp³-hybridized carbons (Fsp3) is 0.857. The lowest BCUT2D eigenvalue weighted by Gasteiger charge is -2.55. The molecular weight excluding hydrogens is 224 g/mol. The molecule has 4 aliphatic rings. The van der Waals surface area contributed by atoms with Gasteiger partial charge in [0.15, 0.2) is 0 Å². The standard InChI is InChI=1S/C14H22N4/c1-18-12(7-16-17-18)14(15)13-10-3-8-2-9(5-10)6-11(13)4-8/h7-11,13-14H,2-6,15H2,1H3. The normalized spacial score (nSPS) is 43.3. The van der Waals surface area contributed by atoms with Crippen molar-refractivity contribution in [3.05, 3.63) is 11.9 Å². The topological polar surface area (TPSA) is 56.7 Å². The molecule has 0 spiro atoms. The van der Waals surface area contributed by atoms with Gasteiger partial charge in [0.25, 0.3) is 0 Å². The van der Waals surface area contributed by atoms with Gasteiger partial charge in [0.2, 0.25) is 0 Å². The number of hydrogen-bond acceptors (Lipinski definition) is 3. The molecule has 2 N–H and O–H groups in total. The first-order valence-corrected chi connectivity index (χ1v) is 7.32. The van der Waals surface area contributed by atoms with E-state index >= 15 is 0 Å². The van der Waals surface area contributed by atoms with Crippen LogP contribution in [0.3, 0.4) is 0 Å². The van der Waals surface area contributed by atoms with Gasteiger partial charge in [-0.05, 0) is 61.7 Å². The molecule has 4 aliphatic carbocycles. The number of nitrogens with zero attached hydrogens (tertiary/aromatic N) is 3. The predicted molar refractivity (Wildman–Crippen MR) is 68.5 cm³/mol. The Bertz CT molecular complexity index is 424. The number of nitrogens with two attached hydrogens (primary N) is 1. The van der Waals surface area contributed by atoms with E-state index in [1.54, 1.807) is 0 Å². The van der Waals surface area contributed by atoms with E-state index in [0.717, 1.165) is 29.4 Å². The Balaban J connectivity index is 1.63. The van der Waals surface area contributed by atoms with Crippen LogP contribution in [0.5, 0.6) is 0 Å². The van der Waals surface area contributed by atoms with E-state index in [9.17, 15) is 0 Å². The van der Waals surface area contributed by atoms with Crippen LogP contribution in [0.1, 0.15) is 43.8 Å². The highest BCUT2D eigenvalue weighted by atomic mass is 15.4. The Morgan fingerprint density at radius 3 is 2.28 bits per heavy atom. The maximum Gasteiger partial charge on any atom is 0.0754 e. The fourth-order valence-electron chi connectivity index (χ4n) is 5.35. The van der Waals surface area contributed by atoms with Crippen molar-refractivity contribution in [2.45, 2.75) is 38.1 Å². The van der Waals surface area contributed by atoms with Gasteiger partial charge in [0.05, 0.1) is 17.9 Å². The Hall–Kier alpha value is -0.900. The Kier molecular flexibility index (Phi) is 2.31. The van der Waals surface area contributed by atoms with Crippen molar-refractivity contribution in [1.29, 1.82) is 0 Å². The van der Waals surface area contributed by atoms with Gasteiger partial charge < -0.3 is 5.73 Å². The zero-order valence-electron chi connectivity index (χ0n) is 11.0. The summed E-state index contributed by atoms with van der Waals surface area (Å²) in [5, 5.41) is 8.03. The van der Waals surface area contributed by atoms with Gasteiger partial charge in [-0.3, -0.25) is 4.68 Å². The lowest BCUT2D eigenvalue weighted by Crippen LogP contribution is -2.49. The molecule has 18 heavy (non-hydrogen) atoms. The highest BCUT2D eigenvalue weighted by Crippen LogP contribution is 2.58. The number of aryl methyl sites for hydroxylation is 1. The molecule has 98 valence electrons. The zero-order valence-corrected chi connectivity index (χ0v) is 11.0. The summed E-state index contributed by atoms with van der Waals surface area (Å²) >= 11 is 0. The maximum absolute atomic E-state index is 6.56. The van der Waals surface area contributed by atoms with Crippen LogP contribution in [0.25, 0.3) is 0 Å². The molecule has 0 saturated heterocycles. The maximum atomic E-state index is 6.56. The highest BCUT2D eigenvalue weighted by molar-refractivity contribution is 5.09. The molecule has 1 aromatic heterocycles. The molecule has 4 saturated carbocycles. The van der Waals surface area contributed by atoms with Gasteiger partial charge in [-0.1, -0.05) is 5.21 Å². The largest absolute Gasteiger partial charge is 0.322 e. The lowest BCUT2D eigenvalue weighted by molar-refractivity contribution is -0.0480. The number of rotatable bonds is 2. The van der Waals surface area contributed by atoms with Crippen molar-refractivity contribution in [2.24, 2.45) is 42.4 Å². The minimum absolute atomic E-state index is 0.139. The Labute approximate surface area is 108 Å². The number of hydrogen-bond donors (Lipinski definition) is 1. The second kappa shape index (κ2) is 3.80. The summed E-state index contributed by atoms with van der Waals surface area (Å²) in [7, 11) is 1.96. The fourth-order valence-corrected chi connectivity index (χ4v) is 5.35. The monoisotopic (exact) mass is 246 g/mol. The third-order valence-electron chi connectivity index (χ3n) is 5.81. The molecule has 4 nitrogen and oxygen atoms in total. The van der Waals surface area contributed by atoms with Crippen molar-refractivity contribution in [3.63, 3.8) is 0 Å². The zero-order chi connectivity index (χ0) is 12.3. The number of aromatic nitrogens is 3. The first kappa shape index (κ1) is 11.0. The quantitative estimate of drug-likeness (QED) is 0.867. The summed E-state index contributed by atoms with van der Waals surface area (Å²) in [4.78, 5) is 0. The van der Waals surface area contributed by atoms with Crippen molar-refractivity contribution >= 4 is 0 Å². The molecule has 0 aromatic carbocycles. The van der Waals surface area contributed by atoms with Gasteiger partial charge in [-0.2, -0.15) is 0 Å². The van der Waals surface area contributed by atoms with E-state index in [1.807, 2.05) is 17.9 Å². The summed E-state index contributed by atoms with van der Waals surface area (Å²) in [5.74, 6) is 4.44. The minimum atomic E-state index is 0.139. The van der Waals surface area contributed by atoms with Gasteiger partial charge in [-0.15, -0.1) is 5.10 Å². The summed E-state index contributed by atoms with van der Waals surface area (Å²) in [6, 6.07) is 0.139. The molecule has 1 atom stereocenters. The van der Waals surface area contributed by atoms with E-state index in [4.69, 9.17) is 5.73 Å². The summed E-state index contributed by atoms with van der Waals surface area (Å²) in [6.45, 7) is 0. The van der Waals surface area contributed by atoms with Crippen LogP contribution in [-0.2, 0) is 7.05 Å². The average molecular weight is 246 g/mol. The van der Waals surface area contributed by atoms with Gasteiger partial charge in [0, 0.05) is 7.05 Å². The second-order valence-corrected chi connectivity index (χ2v) is 6.82. The highest BCUT2D eigenvalue weighted by Gasteiger charge is 2.50. The van der Waals surface area contributed by atoms with Gasteiger partial charge >= 0.3 is 0 Å². The Morgan fingerprint density at radius 1 is 1.17 bits per heavy atom. The smallest absolute Gasteiger partial charge is 0.0754 e. The van der Waals surface area contributed by atoms with Crippen LogP contribution < -0.4 is 5.73 Å². The van der Waals surface area contributed by atoms with E-state index in [1.165, 1.54) is 32.1 Å². The van der Waals surface area contributed by atoms with Gasteiger partial charge in [0.1, 0.15) is 0 Å². The van der Waals surface area contributed by atoms with Crippen molar-refractivity contribution < 1.29 is 0 Å². The van der Waals surface area contributed by atoms with E-state index in [-0.39, 0.29) is 6.04 Å². The molecule has 4 heteroatoms. The average Bonchev–Trinajstić information content (AvgIpc) is 2.73. The van der Waals surface area contributed by atoms with Crippen LogP contribution in [0.15, 0.2) is 6.20 Å². The summed E-state index contributed by atoms with van der Waals surface area (Å²) in [6.07, 6.45) is 9.07. The second-order valence-electron chi connectivity index (χ2n) is 6.82. The van der Waals surface area contributed by atoms with Crippen LogP contribution in [0.4, 0.5) is 0 Å². The molecule has 1 aromatic rings. The van der Waals surface area contributed by atoms with Gasteiger partial charge in [-0.25, -0.2) is 0 Å². The first-order chi connectivity index (χ1) is 8.72. The van der Waals surface area contributed by atoms with Crippen molar-refractivity contribution in [3.8, 4) is 0 Å². The van der Waals surface area contributed by atoms with Crippen LogP contribution in [0, 0.1) is 29.6 Å².